The van der Waals surface area contributed by atoms with E-state index in [1.54, 1.807) is 13.0 Å². The summed E-state index contributed by atoms with van der Waals surface area (Å²) >= 11 is 0. The topological polar surface area (TPSA) is 58.4 Å². The predicted octanol–water partition coefficient (Wildman–Crippen LogP) is 2.37. The molecule has 104 valence electrons. The van der Waals surface area contributed by atoms with E-state index in [1.807, 2.05) is 12.1 Å². The number of para-hydroxylation sites is 1. The molecule has 2 heterocycles. The molecule has 0 fully saturated rings. The van der Waals surface area contributed by atoms with Crippen molar-refractivity contribution in [2.75, 3.05) is 16.8 Å². The van der Waals surface area contributed by atoms with Gasteiger partial charge in [-0.1, -0.05) is 23.4 Å². The molecule has 0 unspecified atom stereocenters. The molecule has 1 aromatic carbocycles. The van der Waals surface area contributed by atoms with Crippen LogP contribution >= 0.6 is 0 Å². The number of rotatable bonds is 3. The van der Waals surface area contributed by atoms with E-state index in [2.05, 4.69) is 34.4 Å². The quantitative estimate of drug-likeness (QED) is 0.931. The van der Waals surface area contributed by atoms with Crippen molar-refractivity contribution >= 4 is 17.4 Å². The van der Waals surface area contributed by atoms with E-state index in [4.69, 9.17) is 4.52 Å². The van der Waals surface area contributed by atoms with E-state index >= 15 is 0 Å². The van der Waals surface area contributed by atoms with Gasteiger partial charge in [0.2, 0.25) is 5.91 Å². The summed E-state index contributed by atoms with van der Waals surface area (Å²) in [6.45, 7) is 4.25. The van der Waals surface area contributed by atoms with Crippen molar-refractivity contribution in [2.45, 2.75) is 26.3 Å². The lowest BCUT2D eigenvalue weighted by Gasteiger charge is -2.23. The Morgan fingerprint density at radius 3 is 3.05 bits per heavy atom. The zero-order chi connectivity index (χ0) is 14.1. The summed E-state index contributed by atoms with van der Waals surface area (Å²) < 4.78 is 4.93. The third-order valence-electron chi connectivity index (χ3n) is 3.56. The van der Waals surface area contributed by atoms with Crippen LogP contribution in [0.15, 0.2) is 34.9 Å². The molecule has 5 heteroatoms. The van der Waals surface area contributed by atoms with Gasteiger partial charge < -0.3 is 14.7 Å². The molecule has 1 aliphatic heterocycles. The van der Waals surface area contributed by atoms with Crippen LogP contribution in [0.4, 0.5) is 11.5 Å². The average molecular weight is 271 g/mol. The van der Waals surface area contributed by atoms with Gasteiger partial charge in [0.25, 0.3) is 0 Å². The Hall–Kier alpha value is -2.30. The van der Waals surface area contributed by atoms with Crippen molar-refractivity contribution in [1.29, 1.82) is 0 Å². The molecule has 0 aliphatic carbocycles. The first kappa shape index (κ1) is 12.7. The molecule has 20 heavy (non-hydrogen) atoms. The lowest BCUT2D eigenvalue weighted by molar-refractivity contribution is -0.115. The third kappa shape index (κ3) is 2.39. The van der Waals surface area contributed by atoms with Crippen molar-refractivity contribution in [3.63, 3.8) is 0 Å². The second-order valence-corrected chi connectivity index (χ2v) is 5.18. The van der Waals surface area contributed by atoms with E-state index in [9.17, 15) is 4.79 Å². The molecular weight excluding hydrogens is 254 g/mol. The standard InChI is InChI=1S/C15H17N3O2/c1-10-7-12-5-3-4-6-13(12)18(10)9-15(19)16-14-8-11(2)20-17-14/h3-6,8,10H,7,9H2,1-2H3,(H,16,17,19)/t10-/m1/s1. The molecule has 3 rings (SSSR count). The lowest BCUT2D eigenvalue weighted by atomic mass is 10.1. The molecule has 0 bridgehead atoms. The highest BCUT2D eigenvalue weighted by Gasteiger charge is 2.27. The van der Waals surface area contributed by atoms with Crippen molar-refractivity contribution in [3.8, 4) is 0 Å². The number of carbonyl (C=O) groups is 1. The Kier molecular flexibility index (Phi) is 3.18. The zero-order valence-corrected chi connectivity index (χ0v) is 11.6. The molecule has 0 spiro atoms. The van der Waals surface area contributed by atoms with Crippen molar-refractivity contribution in [1.82, 2.24) is 5.16 Å². The predicted molar refractivity (Wildman–Crippen MR) is 76.8 cm³/mol. The summed E-state index contributed by atoms with van der Waals surface area (Å²) in [6, 6.07) is 10.3. The normalized spacial score (nSPS) is 17.1. The minimum absolute atomic E-state index is 0.0816. The average Bonchev–Trinajstić information content (AvgIpc) is 2.94. The Morgan fingerprint density at radius 2 is 2.30 bits per heavy atom. The van der Waals surface area contributed by atoms with Crippen molar-refractivity contribution in [2.24, 2.45) is 0 Å². The Labute approximate surface area is 117 Å². The number of hydrogen-bond acceptors (Lipinski definition) is 4. The number of nitrogens with zero attached hydrogens (tertiary/aromatic N) is 2. The fraction of sp³-hybridized carbons (Fsp3) is 0.333. The molecule has 1 amide bonds. The highest BCUT2D eigenvalue weighted by atomic mass is 16.5. The SMILES string of the molecule is Cc1cc(NC(=O)CN2c3ccccc3C[C@H]2C)no1. The van der Waals surface area contributed by atoms with Crippen LogP contribution in [-0.2, 0) is 11.2 Å². The largest absolute Gasteiger partial charge is 0.360 e. The van der Waals surface area contributed by atoms with Gasteiger partial charge in [-0.05, 0) is 31.9 Å². The van der Waals surface area contributed by atoms with E-state index in [0.29, 0.717) is 24.2 Å². The van der Waals surface area contributed by atoms with Crippen molar-refractivity contribution < 1.29 is 9.32 Å². The third-order valence-corrected chi connectivity index (χ3v) is 3.56. The maximum Gasteiger partial charge on any atom is 0.245 e. The monoisotopic (exact) mass is 271 g/mol. The van der Waals surface area contributed by atoms with Crippen LogP contribution in [-0.4, -0.2) is 23.7 Å². The summed E-state index contributed by atoms with van der Waals surface area (Å²) in [7, 11) is 0. The van der Waals surface area contributed by atoms with E-state index in [0.717, 1.165) is 12.1 Å². The molecule has 1 N–H and O–H groups in total. The van der Waals surface area contributed by atoms with E-state index < -0.39 is 0 Å². The summed E-state index contributed by atoms with van der Waals surface area (Å²) in [5, 5.41) is 6.52. The van der Waals surface area contributed by atoms with Gasteiger partial charge in [0.05, 0.1) is 6.54 Å². The molecule has 1 atom stereocenters. The molecule has 5 nitrogen and oxygen atoms in total. The fourth-order valence-corrected chi connectivity index (χ4v) is 2.63. The maximum absolute atomic E-state index is 12.1. The number of anilines is 2. The summed E-state index contributed by atoms with van der Waals surface area (Å²) in [4.78, 5) is 14.2. The van der Waals surface area contributed by atoms with Crippen molar-refractivity contribution in [3.05, 3.63) is 41.7 Å². The summed E-state index contributed by atoms with van der Waals surface area (Å²) in [5.74, 6) is 1.06. The highest BCUT2D eigenvalue weighted by molar-refractivity contribution is 5.93. The first-order valence-electron chi connectivity index (χ1n) is 6.71. The molecular formula is C15H17N3O2. The van der Waals surface area contributed by atoms with Gasteiger partial charge in [0, 0.05) is 17.8 Å². The van der Waals surface area contributed by atoms with Gasteiger partial charge in [-0.15, -0.1) is 0 Å². The molecule has 2 aromatic rings. The summed E-state index contributed by atoms with van der Waals surface area (Å²) in [6.07, 6.45) is 0.979. The number of aromatic nitrogens is 1. The van der Waals surface area contributed by atoms with Gasteiger partial charge >= 0.3 is 0 Å². The molecule has 1 aliphatic rings. The van der Waals surface area contributed by atoms with Gasteiger partial charge in [-0.25, -0.2) is 0 Å². The number of nitrogens with one attached hydrogen (secondary N) is 1. The maximum atomic E-state index is 12.1. The van der Waals surface area contributed by atoms with Crippen LogP contribution in [0, 0.1) is 6.92 Å². The minimum Gasteiger partial charge on any atom is -0.360 e. The Bertz CT molecular complexity index is 636. The summed E-state index contributed by atoms with van der Waals surface area (Å²) in [5.41, 5.74) is 2.44. The molecule has 0 radical (unpaired) electrons. The number of carbonyl (C=O) groups excluding carboxylic acids is 1. The first-order chi connectivity index (χ1) is 9.63. The minimum atomic E-state index is -0.0816. The highest BCUT2D eigenvalue weighted by Crippen LogP contribution is 2.31. The smallest absolute Gasteiger partial charge is 0.245 e. The second kappa shape index (κ2) is 5.00. The lowest BCUT2D eigenvalue weighted by Crippen LogP contribution is -2.37. The molecule has 1 aromatic heterocycles. The fourth-order valence-electron chi connectivity index (χ4n) is 2.63. The van der Waals surface area contributed by atoms with E-state index in [-0.39, 0.29) is 5.91 Å². The number of fused-ring (bicyclic) bond motifs is 1. The zero-order valence-electron chi connectivity index (χ0n) is 11.6. The van der Waals surface area contributed by atoms with Crippen LogP contribution in [0.3, 0.4) is 0 Å². The number of aryl methyl sites for hydroxylation is 1. The van der Waals surface area contributed by atoms with Crippen LogP contribution < -0.4 is 10.2 Å². The number of benzene rings is 1. The van der Waals surface area contributed by atoms with Gasteiger partial charge in [0.1, 0.15) is 5.76 Å². The van der Waals surface area contributed by atoms with Gasteiger partial charge in [-0.3, -0.25) is 4.79 Å². The molecule has 0 saturated carbocycles. The first-order valence-corrected chi connectivity index (χ1v) is 6.71. The second-order valence-electron chi connectivity index (χ2n) is 5.18. The number of hydrogen-bond donors (Lipinski definition) is 1. The Balaban J connectivity index is 1.70. The van der Waals surface area contributed by atoms with Crippen LogP contribution in [0.2, 0.25) is 0 Å². The van der Waals surface area contributed by atoms with Gasteiger partial charge in [0.15, 0.2) is 5.82 Å². The van der Waals surface area contributed by atoms with Crippen LogP contribution in [0.1, 0.15) is 18.2 Å². The molecule has 0 saturated heterocycles. The van der Waals surface area contributed by atoms with E-state index in [1.165, 1.54) is 5.56 Å². The number of amides is 1. The van der Waals surface area contributed by atoms with Crippen LogP contribution in [0.25, 0.3) is 0 Å². The van der Waals surface area contributed by atoms with Crippen LogP contribution in [0.5, 0.6) is 0 Å². The van der Waals surface area contributed by atoms with Gasteiger partial charge in [-0.2, -0.15) is 0 Å². The Morgan fingerprint density at radius 1 is 1.50 bits per heavy atom.